The van der Waals surface area contributed by atoms with E-state index in [0.29, 0.717) is 5.70 Å². The lowest BCUT2D eigenvalue weighted by molar-refractivity contribution is -0.136. The summed E-state index contributed by atoms with van der Waals surface area (Å²) in [6.07, 6.45) is 1.80. The molecule has 3 heteroatoms. The third-order valence-corrected chi connectivity index (χ3v) is 2.80. The van der Waals surface area contributed by atoms with E-state index in [0.717, 1.165) is 16.3 Å². The molecule has 2 aromatic rings. The van der Waals surface area contributed by atoms with Crippen LogP contribution in [0, 0.1) is 0 Å². The van der Waals surface area contributed by atoms with Gasteiger partial charge in [0, 0.05) is 7.05 Å². The maximum Gasteiger partial charge on any atom is 0.354 e. The van der Waals surface area contributed by atoms with Gasteiger partial charge in [-0.3, -0.25) is 0 Å². The molecule has 3 nitrogen and oxygen atoms in total. The molecule has 92 valence electrons. The molecule has 0 fully saturated rings. The van der Waals surface area contributed by atoms with Gasteiger partial charge in [-0.15, -0.1) is 0 Å². The standard InChI is InChI=1S/C15H15NO2/c1-16-14(15(17)18-2)10-12-8-5-7-11-6-3-4-9-13(11)12/h3-10,16H,1-2H3/b14-10+. The SMILES string of the molecule is CN/C(=C/c1cccc2ccccc12)C(=O)OC. The topological polar surface area (TPSA) is 38.3 Å². The van der Waals surface area contributed by atoms with E-state index in [1.165, 1.54) is 7.11 Å². The second kappa shape index (κ2) is 5.36. The summed E-state index contributed by atoms with van der Waals surface area (Å²) < 4.78 is 4.72. The number of carbonyl (C=O) groups is 1. The molecule has 1 N–H and O–H groups in total. The van der Waals surface area contributed by atoms with E-state index in [1.54, 1.807) is 13.1 Å². The highest BCUT2D eigenvalue weighted by Crippen LogP contribution is 2.20. The minimum absolute atomic E-state index is 0.370. The maximum absolute atomic E-state index is 11.5. The maximum atomic E-state index is 11.5. The lowest BCUT2D eigenvalue weighted by Crippen LogP contribution is -2.17. The predicted molar refractivity (Wildman–Crippen MR) is 73.0 cm³/mol. The van der Waals surface area contributed by atoms with E-state index < -0.39 is 0 Å². The second-order valence-corrected chi connectivity index (χ2v) is 3.87. The van der Waals surface area contributed by atoms with Gasteiger partial charge >= 0.3 is 5.97 Å². The van der Waals surface area contributed by atoms with Gasteiger partial charge in [0.25, 0.3) is 0 Å². The van der Waals surface area contributed by atoms with Gasteiger partial charge in [-0.1, -0.05) is 42.5 Å². The molecule has 0 amide bonds. The molecule has 2 aromatic carbocycles. The Balaban J connectivity index is 2.54. The lowest BCUT2D eigenvalue weighted by Gasteiger charge is -2.06. The van der Waals surface area contributed by atoms with Crippen LogP contribution in [0.2, 0.25) is 0 Å². The van der Waals surface area contributed by atoms with Crippen LogP contribution >= 0.6 is 0 Å². The molecular weight excluding hydrogens is 226 g/mol. The molecule has 18 heavy (non-hydrogen) atoms. The zero-order chi connectivity index (χ0) is 13.0. The molecule has 0 aromatic heterocycles. The van der Waals surface area contributed by atoms with E-state index in [1.807, 2.05) is 42.5 Å². The Morgan fingerprint density at radius 1 is 1.17 bits per heavy atom. The van der Waals surface area contributed by atoms with Crippen molar-refractivity contribution < 1.29 is 9.53 Å². The van der Waals surface area contributed by atoms with Crippen LogP contribution in [0.3, 0.4) is 0 Å². The molecule has 0 heterocycles. The van der Waals surface area contributed by atoms with Gasteiger partial charge in [-0.2, -0.15) is 0 Å². The minimum atomic E-state index is -0.370. The summed E-state index contributed by atoms with van der Waals surface area (Å²) in [6, 6.07) is 14.0. The highest BCUT2D eigenvalue weighted by molar-refractivity contribution is 5.97. The molecule has 0 aliphatic rings. The number of carbonyl (C=O) groups excluding carboxylic acids is 1. The molecule has 0 bridgehead atoms. The number of methoxy groups -OCH3 is 1. The third-order valence-electron chi connectivity index (χ3n) is 2.80. The fraction of sp³-hybridized carbons (Fsp3) is 0.133. The van der Waals surface area contributed by atoms with E-state index in [4.69, 9.17) is 4.74 Å². The van der Waals surface area contributed by atoms with Crippen molar-refractivity contribution in [1.82, 2.24) is 5.32 Å². The third kappa shape index (κ3) is 2.35. The number of rotatable bonds is 3. The molecule has 0 spiro atoms. The molecule has 0 saturated carbocycles. The number of esters is 1. The van der Waals surface area contributed by atoms with Crippen LogP contribution < -0.4 is 5.32 Å². The highest BCUT2D eigenvalue weighted by Gasteiger charge is 2.08. The van der Waals surface area contributed by atoms with Gasteiger partial charge < -0.3 is 10.1 Å². The number of fused-ring (bicyclic) bond motifs is 1. The quantitative estimate of drug-likeness (QED) is 0.663. The van der Waals surface area contributed by atoms with Gasteiger partial charge in [0.15, 0.2) is 0 Å². The highest BCUT2D eigenvalue weighted by atomic mass is 16.5. The Kier molecular flexibility index (Phi) is 3.63. The van der Waals surface area contributed by atoms with Crippen molar-refractivity contribution in [3.8, 4) is 0 Å². The summed E-state index contributed by atoms with van der Waals surface area (Å²) in [5.41, 5.74) is 1.43. The summed E-state index contributed by atoms with van der Waals surface area (Å²) in [5, 5.41) is 5.11. The molecule has 0 atom stereocenters. The van der Waals surface area contributed by atoms with Crippen molar-refractivity contribution in [2.75, 3.05) is 14.2 Å². The average Bonchev–Trinajstić information content (AvgIpc) is 2.44. The fourth-order valence-corrected chi connectivity index (χ4v) is 1.87. The monoisotopic (exact) mass is 241 g/mol. The Labute approximate surface area is 106 Å². The number of hydrogen-bond acceptors (Lipinski definition) is 3. The fourth-order valence-electron chi connectivity index (χ4n) is 1.87. The first-order chi connectivity index (χ1) is 8.76. The lowest BCUT2D eigenvalue weighted by atomic mass is 10.0. The Morgan fingerprint density at radius 3 is 2.61 bits per heavy atom. The molecule has 0 radical (unpaired) electrons. The first-order valence-corrected chi connectivity index (χ1v) is 5.72. The van der Waals surface area contributed by atoms with Crippen LogP contribution in [0.1, 0.15) is 5.56 Å². The zero-order valence-corrected chi connectivity index (χ0v) is 10.4. The van der Waals surface area contributed by atoms with Crippen molar-refractivity contribution in [1.29, 1.82) is 0 Å². The Morgan fingerprint density at radius 2 is 1.89 bits per heavy atom. The van der Waals surface area contributed by atoms with E-state index in [2.05, 4.69) is 5.32 Å². The number of benzene rings is 2. The van der Waals surface area contributed by atoms with Crippen LogP contribution in [0.4, 0.5) is 0 Å². The van der Waals surface area contributed by atoms with E-state index >= 15 is 0 Å². The summed E-state index contributed by atoms with van der Waals surface area (Å²) >= 11 is 0. The van der Waals surface area contributed by atoms with Gasteiger partial charge in [0.2, 0.25) is 0 Å². The first kappa shape index (κ1) is 12.2. The van der Waals surface area contributed by atoms with Crippen molar-refractivity contribution in [2.45, 2.75) is 0 Å². The van der Waals surface area contributed by atoms with Crippen LogP contribution in [0.15, 0.2) is 48.2 Å². The molecule has 0 aliphatic carbocycles. The van der Waals surface area contributed by atoms with Gasteiger partial charge in [0.05, 0.1) is 7.11 Å². The molecular formula is C15H15NO2. The first-order valence-electron chi connectivity index (χ1n) is 5.72. The summed E-state index contributed by atoms with van der Waals surface area (Å²) in [5.74, 6) is -0.370. The van der Waals surface area contributed by atoms with Crippen molar-refractivity contribution in [3.05, 3.63) is 53.7 Å². The van der Waals surface area contributed by atoms with Crippen molar-refractivity contribution in [2.24, 2.45) is 0 Å². The number of likely N-dealkylation sites (N-methyl/N-ethyl adjacent to an activating group) is 1. The second-order valence-electron chi connectivity index (χ2n) is 3.87. The Bertz CT molecular complexity index is 597. The van der Waals surface area contributed by atoms with Gasteiger partial charge in [0.1, 0.15) is 5.70 Å². The minimum Gasteiger partial charge on any atom is -0.464 e. The van der Waals surface area contributed by atoms with Crippen LogP contribution in [-0.4, -0.2) is 20.1 Å². The van der Waals surface area contributed by atoms with Gasteiger partial charge in [-0.25, -0.2) is 4.79 Å². The predicted octanol–water partition coefficient (Wildman–Crippen LogP) is 2.57. The molecule has 2 rings (SSSR count). The van der Waals surface area contributed by atoms with Crippen molar-refractivity contribution >= 4 is 22.8 Å². The van der Waals surface area contributed by atoms with Gasteiger partial charge in [-0.05, 0) is 22.4 Å². The summed E-state index contributed by atoms with van der Waals surface area (Å²) in [6.45, 7) is 0. The Hall–Kier alpha value is -2.29. The number of nitrogens with one attached hydrogen (secondary N) is 1. The largest absolute Gasteiger partial charge is 0.464 e. The smallest absolute Gasteiger partial charge is 0.354 e. The van der Waals surface area contributed by atoms with E-state index in [-0.39, 0.29) is 5.97 Å². The van der Waals surface area contributed by atoms with Crippen molar-refractivity contribution in [3.63, 3.8) is 0 Å². The zero-order valence-electron chi connectivity index (χ0n) is 10.4. The summed E-state index contributed by atoms with van der Waals surface area (Å²) in [4.78, 5) is 11.5. The van der Waals surface area contributed by atoms with Crippen LogP contribution in [-0.2, 0) is 9.53 Å². The molecule has 0 saturated heterocycles. The molecule has 0 aliphatic heterocycles. The summed E-state index contributed by atoms with van der Waals surface area (Å²) in [7, 11) is 3.07. The normalized spacial score (nSPS) is 11.3. The van der Waals surface area contributed by atoms with E-state index in [9.17, 15) is 4.79 Å². The van der Waals surface area contributed by atoms with Crippen LogP contribution in [0.5, 0.6) is 0 Å². The number of hydrogen-bond donors (Lipinski definition) is 1. The average molecular weight is 241 g/mol. The van der Waals surface area contributed by atoms with Crippen LogP contribution in [0.25, 0.3) is 16.8 Å². The number of ether oxygens (including phenoxy) is 1. The molecule has 0 unspecified atom stereocenters.